The lowest BCUT2D eigenvalue weighted by Gasteiger charge is -2.25. The first-order chi connectivity index (χ1) is 11.5. The van der Waals surface area contributed by atoms with Crippen LogP contribution < -0.4 is 5.32 Å². The van der Waals surface area contributed by atoms with Crippen molar-refractivity contribution < 1.29 is 9.59 Å². The highest BCUT2D eigenvalue weighted by atomic mass is 16.2. The van der Waals surface area contributed by atoms with Gasteiger partial charge in [0, 0.05) is 13.1 Å². The molecule has 3 amide bonds. The van der Waals surface area contributed by atoms with E-state index < -0.39 is 0 Å². The molecule has 0 fully saturated rings. The fourth-order valence-electron chi connectivity index (χ4n) is 1.49. The number of urea groups is 1. The molecule has 0 saturated heterocycles. The minimum absolute atomic E-state index is 0.0709. The van der Waals surface area contributed by atoms with Crippen LogP contribution in [0.2, 0.25) is 0 Å². The van der Waals surface area contributed by atoms with Gasteiger partial charge in [-0.05, 0) is 19.4 Å². The second kappa shape index (κ2) is 14.3. The van der Waals surface area contributed by atoms with Gasteiger partial charge in [-0.3, -0.25) is 15.0 Å². The first-order valence-electron chi connectivity index (χ1n) is 8.44. The third-order valence-corrected chi connectivity index (χ3v) is 3.02. The van der Waals surface area contributed by atoms with E-state index in [9.17, 15) is 9.59 Å². The van der Waals surface area contributed by atoms with Crippen LogP contribution in [0.5, 0.6) is 0 Å². The summed E-state index contributed by atoms with van der Waals surface area (Å²) in [5, 5.41) is 2.62. The molecule has 1 rings (SSSR count). The van der Waals surface area contributed by atoms with Crippen LogP contribution in [0, 0.1) is 0 Å². The van der Waals surface area contributed by atoms with E-state index in [0.29, 0.717) is 13.0 Å². The van der Waals surface area contributed by atoms with Crippen LogP contribution in [0.3, 0.4) is 0 Å². The zero-order chi connectivity index (χ0) is 19.1. The maximum Gasteiger partial charge on any atom is 0.322 e. The first kappa shape index (κ1) is 24.0. The third-order valence-electron chi connectivity index (χ3n) is 3.02. The van der Waals surface area contributed by atoms with Gasteiger partial charge in [0.2, 0.25) is 6.41 Å². The van der Waals surface area contributed by atoms with Crippen LogP contribution in [0.25, 0.3) is 0 Å². The van der Waals surface area contributed by atoms with Crippen molar-refractivity contribution in [2.75, 3.05) is 7.05 Å². The zero-order valence-electron chi connectivity index (χ0n) is 16.2. The quantitative estimate of drug-likeness (QED) is 0.791. The van der Waals surface area contributed by atoms with Crippen molar-refractivity contribution in [2.24, 2.45) is 0 Å². The van der Waals surface area contributed by atoms with Gasteiger partial charge in [0.05, 0.1) is 6.54 Å². The van der Waals surface area contributed by atoms with E-state index in [1.54, 1.807) is 7.05 Å². The molecule has 136 valence electrons. The first-order valence-corrected chi connectivity index (χ1v) is 8.44. The fraction of sp³-hybridized carbons (Fsp3) is 0.474. The number of amides is 3. The Bertz CT molecular complexity index is 473. The summed E-state index contributed by atoms with van der Waals surface area (Å²) in [5.41, 5.74) is 0.965. The largest absolute Gasteiger partial charge is 0.325 e. The Morgan fingerprint density at radius 1 is 1.17 bits per heavy atom. The molecule has 0 heterocycles. The lowest BCUT2D eigenvalue weighted by Crippen LogP contribution is -2.43. The molecule has 0 aliphatic rings. The normalized spacial score (nSPS) is 8.83. The van der Waals surface area contributed by atoms with Gasteiger partial charge in [-0.15, -0.1) is 0 Å². The molecule has 0 radical (unpaired) electrons. The molecule has 24 heavy (non-hydrogen) atoms. The van der Waals surface area contributed by atoms with Crippen LogP contribution in [0.1, 0.15) is 47.1 Å². The smallest absolute Gasteiger partial charge is 0.322 e. The second-order valence-electron chi connectivity index (χ2n) is 4.80. The SMILES string of the molecule is C=C(NC(=O)N(C)C(C)C)N(C=O)Cc1ccccc1.CC.CC. The number of benzene rings is 1. The molecule has 0 atom stereocenters. The fourth-order valence-corrected chi connectivity index (χ4v) is 1.49. The Morgan fingerprint density at radius 3 is 2.08 bits per heavy atom. The van der Waals surface area contributed by atoms with Crippen molar-refractivity contribution in [3.05, 3.63) is 48.3 Å². The Kier molecular flexibility index (Phi) is 14.3. The highest BCUT2D eigenvalue weighted by Crippen LogP contribution is 2.07. The number of hydrogen-bond acceptors (Lipinski definition) is 2. The second-order valence-corrected chi connectivity index (χ2v) is 4.80. The Hall–Kier alpha value is -2.30. The average molecular weight is 335 g/mol. The summed E-state index contributed by atoms with van der Waals surface area (Å²) in [6, 6.07) is 9.30. The number of rotatable bonds is 6. The van der Waals surface area contributed by atoms with Gasteiger partial charge in [0.25, 0.3) is 0 Å². The molecule has 0 aliphatic carbocycles. The standard InChI is InChI=1S/C15H21N3O2.2C2H6/c1-12(2)17(4)15(20)16-13(3)18(11-19)10-14-8-6-5-7-9-14;2*1-2/h5-9,11-12H,3,10H2,1-2,4H3,(H,16,20);2*1-2H3. The lowest BCUT2D eigenvalue weighted by molar-refractivity contribution is -0.117. The van der Waals surface area contributed by atoms with Crippen LogP contribution >= 0.6 is 0 Å². The summed E-state index contributed by atoms with van der Waals surface area (Å²) in [5.74, 6) is 0.265. The van der Waals surface area contributed by atoms with Crippen molar-refractivity contribution in [3.8, 4) is 0 Å². The summed E-state index contributed by atoms with van der Waals surface area (Å²) in [6.07, 6.45) is 0.658. The van der Waals surface area contributed by atoms with E-state index in [4.69, 9.17) is 0 Å². The predicted molar refractivity (Wildman–Crippen MR) is 101 cm³/mol. The van der Waals surface area contributed by atoms with E-state index in [2.05, 4.69) is 11.9 Å². The van der Waals surface area contributed by atoms with Crippen LogP contribution in [-0.2, 0) is 11.3 Å². The highest BCUT2D eigenvalue weighted by molar-refractivity contribution is 5.76. The Morgan fingerprint density at radius 2 is 1.67 bits per heavy atom. The molecule has 1 aromatic carbocycles. The number of nitrogens with one attached hydrogen (secondary N) is 1. The summed E-state index contributed by atoms with van der Waals surface area (Å²) in [4.78, 5) is 25.9. The van der Waals surface area contributed by atoms with E-state index in [0.717, 1.165) is 5.56 Å². The zero-order valence-corrected chi connectivity index (χ0v) is 16.2. The van der Waals surface area contributed by atoms with Gasteiger partial charge in [-0.2, -0.15) is 0 Å². The third kappa shape index (κ3) is 8.98. The van der Waals surface area contributed by atoms with E-state index in [1.165, 1.54) is 9.80 Å². The maximum atomic E-state index is 11.9. The molecule has 0 aliphatic heterocycles. The molecule has 5 heteroatoms. The number of hydrogen-bond donors (Lipinski definition) is 1. The number of nitrogens with zero attached hydrogens (tertiary/aromatic N) is 2. The molecule has 0 unspecified atom stereocenters. The van der Waals surface area contributed by atoms with Crippen molar-refractivity contribution in [1.82, 2.24) is 15.1 Å². The number of carbonyl (C=O) groups is 2. The summed E-state index contributed by atoms with van der Waals surface area (Å²) in [6.45, 7) is 15.9. The molecule has 0 saturated carbocycles. The molecule has 1 aromatic rings. The molecular weight excluding hydrogens is 302 g/mol. The topological polar surface area (TPSA) is 52.7 Å². The molecule has 1 N–H and O–H groups in total. The van der Waals surface area contributed by atoms with E-state index in [1.807, 2.05) is 71.9 Å². The van der Waals surface area contributed by atoms with Crippen molar-refractivity contribution in [3.63, 3.8) is 0 Å². The molecule has 0 aromatic heterocycles. The van der Waals surface area contributed by atoms with Crippen LogP contribution in [0.4, 0.5) is 4.79 Å². The molecular formula is C19H33N3O2. The Labute approximate surface area is 147 Å². The van der Waals surface area contributed by atoms with Crippen LogP contribution in [0.15, 0.2) is 42.7 Å². The van der Waals surface area contributed by atoms with Gasteiger partial charge >= 0.3 is 6.03 Å². The highest BCUT2D eigenvalue weighted by Gasteiger charge is 2.15. The predicted octanol–water partition coefficient (Wildman–Crippen LogP) is 4.22. The van der Waals surface area contributed by atoms with Gasteiger partial charge in [-0.25, -0.2) is 4.79 Å². The average Bonchev–Trinajstić information content (AvgIpc) is 2.62. The van der Waals surface area contributed by atoms with E-state index >= 15 is 0 Å². The number of carbonyl (C=O) groups excluding carboxylic acids is 2. The molecule has 0 spiro atoms. The van der Waals surface area contributed by atoms with Gasteiger partial charge in [-0.1, -0.05) is 64.6 Å². The molecule has 5 nitrogen and oxygen atoms in total. The van der Waals surface area contributed by atoms with Crippen LogP contribution in [-0.4, -0.2) is 35.3 Å². The summed E-state index contributed by atoms with van der Waals surface area (Å²) < 4.78 is 0. The van der Waals surface area contributed by atoms with E-state index in [-0.39, 0.29) is 17.9 Å². The lowest BCUT2D eigenvalue weighted by atomic mass is 10.2. The summed E-state index contributed by atoms with van der Waals surface area (Å²) >= 11 is 0. The van der Waals surface area contributed by atoms with Crippen molar-refractivity contribution in [2.45, 2.75) is 54.1 Å². The van der Waals surface area contributed by atoms with Crippen molar-refractivity contribution in [1.29, 1.82) is 0 Å². The Balaban J connectivity index is 0. The van der Waals surface area contributed by atoms with Crippen molar-refractivity contribution >= 4 is 12.4 Å². The van der Waals surface area contributed by atoms with Gasteiger partial charge in [0.15, 0.2) is 0 Å². The van der Waals surface area contributed by atoms with Gasteiger partial charge < -0.3 is 4.90 Å². The minimum Gasteiger partial charge on any atom is -0.325 e. The monoisotopic (exact) mass is 335 g/mol. The minimum atomic E-state index is -0.287. The van der Waals surface area contributed by atoms with Gasteiger partial charge in [0.1, 0.15) is 5.82 Å². The maximum absolute atomic E-state index is 11.9. The summed E-state index contributed by atoms with van der Waals surface area (Å²) in [7, 11) is 1.69. The molecule has 0 bridgehead atoms.